The van der Waals surface area contributed by atoms with Crippen molar-refractivity contribution >= 4 is 34.3 Å². The van der Waals surface area contributed by atoms with Crippen LogP contribution in [0.25, 0.3) is 0 Å². The van der Waals surface area contributed by atoms with Gasteiger partial charge in [-0.15, -0.1) is 0 Å². The van der Waals surface area contributed by atoms with Crippen molar-refractivity contribution in [1.82, 2.24) is 0 Å². The third-order valence-corrected chi connectivity index (χ3v) is 9.42. The topological polar surface area (TPSA) is 58.2 Å². The number of carbonyl (C=O) groups excluding carboxylic acids is 2. The van der Waals surface area contributed by atoms with Crippen LogP contribution in [0.4, 0.5) is 31.5 Å². The van der Waals surface area contributed by atoms with Crippen molar-refractivity contribution in [3.05, 3.63) is 117 Å². The maximum absolute atomic E-state index is 17.2. The molecule has 0 spiro atoms. The van der Waals surface area contributed by atoms with Gasteiger partial charge in [0.05, 0.1) is 11.1 Å². The van der Waals surface area contributed by atoms with E-state index in [0.717, 1.165) is 111 Å². The molecule has 0 radical (unpaired) electrons. The number of unbranched alkanes of at least 4 members (excludes halogenated alkanes) is 4. The summed E-state index contributed by atoms with van der Waals surface area (Å²) in [6, 6.07) is 18.4. The van der Waals surface area contributed by atoms with E-state index < -0.39 is 34.3 Å². The first-order valence-electron chi connectivity index (χ1n) is 17.8. The van der Waals surface area contributed by atoms with E-state index in [2.05, 4.69) is 38.3 Å². The Kier molecular flexibility index (Phi) is 11.8. The van der Waals surface area contributed by atoms with E-state index in [9.17, 15) is 9.59 Å². The third-order valence-electron chi connectivity index (χ3n) is 9.42. The zero-order valence-corrected chi connectivity index (χ0v) is 28.8. The number of anilines is 4. The lowest BCUT2D eigenvalue weighted by Crippen LogP contribution is -2.25. The van der Waals surface area contributed by atoms with Crippen molar-refractivity contribution < 1.29 is 18.4 Å². The number of carbonyl (C=O) groups is 2. The van der Waals surface area contributed by atoms with Crippen LogP contribution in [0.5, 0.6) is 0 Å². The molecule has 1 aliphatic rings. The largest absolute Gasteiger partial charge is 0.351 e. The number of fused-ring (bicyclic) bond motifs is 2. The van der Waals surface area contributed by atoms with Crippen LogP contribution in [-0.4, -0.2) is 11.6 Å². The molecule has 5 rings (SSSR count). The van der Waals surface area contributed by atoms with Crippen LogP contribution in [-0.2, 0) is 25.7 Å². The standard InChI is InChI=1S/C42H48F2N2O2/c1-5-9-17-27-21-15-22-28(18-10-6-2)37(27)45-39-35(43)33-34(42(48)32-26-14-13-25-31(32)41(33)47)36(44)40(39)46-38-29(19-11-7-3)23-16-24-30(38)20-12-8-4/h13-16,21-26,45-46H,5-12,17-20H2,1-4H3. The van der Waals surface area contributed by atoms with Gasteiger partial charge in [0.1, 0.15) is 11.4 Å². The molecule has 4 aromatic rings. The van der Waals surface area contributed by atoms with Crippen LogP contribution < -0.4 is 10.6 Å². The zero-order valence-electron chi connectivity index (χ0n) is 28.8. The van der Waals surface area contributed by atoms with E-state index in [1.165, 1.54) is 12.1 Å². The fraction of sp³-hybridized carbons (Fsp3) is 0.381. The highest BCUT2D eigenvalue weighted by atomic mass is 19.1. The number of hydrogen-bond acceptors (Lipinski definition) is 4. The van der Waals surface area contributed by atoms with E-state index in [1.807, 2.05) is 36.4 Å². The number of ketones is 2. The summed E-state index contributed by atoms with van der Waals surface area (Å²) in [6.07, 6.45) is 10.8. The second-order valence-electron chi connectivity index (χ2n) is 12.9. The smallest absolute Gasteiger partial charge is 0.197 e. The van der Waals surface area contributed by atoms with Gasteiger partial charge in [-0.05, 0) is 73.6 Å². The summed E-state index contributed by atoms with van der Waals surface area (Å²) in [5.74, 6) is -3.23. The Bertz CT molecular complexity index is 1610. The Morgan fingerprint density at radius 3 is 1.06 bits per heavy atom. The summed E-state index contributed by atoms with van der Waals surface area (Å²) < 4.78 is 34.5. The molecule has 252 valence electrons. The van der Waals surface area contributed by atoms with Crippen LogP contribution in [0, 0.1) is 11.6 Å². The van der Waals surface area contributed by atoms with Crippen LogP contribution >= 0.6 is 0 Å². The van der Waals surface area contributed by atoms with Gasteiger partial charge >= 0.3 is 0 Å². The van der Waals surface area contributed by atoms with Crippen LogP contribution in [0.15, 0.2) is 60.7 Å². The van der Waals surface area contributed by atoms with E-state index in [4.69, 9.17) is 0 Å². The minimum Gasteiger partial charge on any atom is -0.351 e. The molecule has 0 fully saturated rings. The highest BCUT2D eigenvalue weighted by Crippen LogP contribution is 2.44. The molecule has 6 heteroatoms. The van der Waals surface area contributed by atoms with Crippen LogP contribution in [0.1, 0.15) is 133 Å². The Morgan fingerprint density at radius 1 is 0.458 bits per heavy atom. The summed E-state index contributed by atoms with van der Waals surface area (Å²) in [7, 11) is 0. The lowest BCUT2D eigenvalue weighted by Gasteiger charge is -2.26. The molecule has 48 heavy (non-hydrogen) atoms. The summed E-state index contributed by atoms with van der Waals surface area (Å²) in [5.41, 5.74) is 4.33. The van der Waals surface area contributed by atoms with Crippen molar-refractivity contribution in [3.63, 3.8) is 0 Å². The molecule has 0 aliphatic heterocycles. The number of hydrogen-bond donors (Lipinski definition) is 2. The second-order valence-corrected chi connectivity index (χ2v) is 12.9. The summed E-state index contributed by atoms with van der Waals surface area (Å²) in [6.45, 7) is 8.50. The molecule has 0 aromatic heterocycles. The summed E-state index contributed by atoms with van der Waals surface area (Å²) in [5, 5.41) is 6.70. The maximum Gasteiger partial charge on any atom is 0.197 e. The second kappa shape index (κ2) is 16.2. The van der Waals surface area contributed by atoms with Gasteiger partial charge in [0.15, 0.2) is 23.2 Å². The fourth-order valence-corrected chi connectivity index (χ4v) is 6.68. The minimum atomic E-state index is -0.922. The number of aryl methyl sites for hydroxylation is 4. The van der Waals surface area contributed by atoms with Gasteiger partial charge < -0.3 is 10.6 Å². The first-order chi connectivity index (χ1) is 23.4. The number of halogens is 2. The number of para-hydroxylation sites is 2. The monoisotopic (exact) mass is 650 g/mol. The molecule has 0 heterocycles. The Balaban J connectivity index is 1.78. The molecular weight excluding hydrogens is 602 g/mol. The van der Waals surface area contributed by atoms with E-state index >= 15 is 8.78 Å². The molecule has 0 saturated carbocycles. The van der Waals surface area contributed by atoms with Crippen molar-refractivity contribution in [2.75, 3.05) is 10.6 Å². The van der Waals surface area contributed by atoms with Gasteiger partial charge in [0.2, 0.25) is 0 Å². The van der Waals surface area contributed by atoms with Gasteiger partial charge in [-0.2, -0.15) is 0 Å². The van der Waals surface area contributed by atoms with Gasteiger partial charge in [-0.3, -0.25) is 9.59 Å². The molecule has 0 atom stereocenters. The quantitative estimate of drug-likeness (QED) is 0.112. The Hall–Kier alpha value is -4.32. The molecule has 4 nitrogen and oxygen atoms in total. The number of benzene rings is 4. The van der Waals surface area contributed by atoms with Crippen molar-refractivity contribution in [1.29, 1.82) is 0 Å². The first kappa shape index (κ1) is 35.0. The highest BCUT2D eigenvalue weighted by Gasteiger charge is 2.38. The lowest BCUT2D eigenvalue weighted by molar-refractivity contribution is 0.0972. The average Bonchev–Trinajstić information content (AvgIpc) is 3.10. The Labute approximate surface area is 284 Å². The average molecular weight is 651 g/mol. The van der Waals surface area contributed by atoms with E-state index in [0.29, 0.717) is 0 Å². The molecule has 2 N–H and O–H groups in total. The van der Waals surface area contributed by atoms with E-state index in [-0.39, 0.29) is 22.5 Å². The molecule has 0 saturated heterocycles. The number of nitrogens with one attached hydrogen (secondary N) is 2. The molecule has 0 unspecified atom stereocenters. The predicted octanol–water partition coefficient (Wildman–Crippen LogP) is 11.6. The maximum atomic E-state index is 17.2. The SMILES string of the molecule is CCCCc1cccc(CCCC)c1Nc1c(F)c2c(c(F)c1Nc1c(CCCC)cccc1CCCC)C(=O)c1ccccc1C2=O. The van der Waals surface area contributed by atoms with Crippen molar-refractivity contribution in [3.8, 4) is 0 Å². The number of rotatable bonds is 16. The first-order valence-corrected chi connectivity index (χ1v) is 17.8. The van der Waals surface area contributed by atoms with Gasteiger partial charge in [-0.25, -0.2) is 8.78 Å². The van der Waals surface area contributed by atoms with Gasteiger partial charge in [0.25, 0.3) is 0 Å². The van der Waals surface area contributed by atoms with Crippen molar-refractivity contribution in [2.24, 2.45) is 0 Å². The van der Waals surface area contributed by atoms with Crippen LogP contribution in [0.3, 0.4) is 0 Å². The predicted molar refractivity (Wildman–Crippen MR) is 194 cm³/mol. The van der Waals surface area contributed by atoms with Crippen LogP contribution in [0.2, 0.25) is 0 Å². The lowest BCUT2D eigenvalue weighted by atomic mass is 9.82. The molecule has 0 amide bonds. The van der Waals surface area contributed by atoms with Gasteiger partial charge in [-0.1, -0.05) is 114 Å². The van der Waals surface area contributed by atoms with E-state index in [1.54, 1.807) is 12.1 Å². The highest BCUT2D eigenvalue weighted by molar-refractivity contribution is 6.29. The third kappa shape index (κ3) is 7.08. The normalized spacial score (nSPS) is 12.2. The molecule has 1 aliphatic carbocycles. The van der Waals surface area contributed by atoms with Crippen molar-refractivity contribution in [2.45, 2.75) is 105 Å². The molecule has 0 bridgehead atoms. The Morgan fingerprint density at radius 2 is 0.771 bits per heavy atom. The van der Waals surface area contributed by atoms with Gasteiger partial charge in [0, 0.05) is 22.5 Å². The summed E-state index contributed by atoms with van der Waals surface area (Å²) in [4.78, 5) is 27.7. The fourth-order valence-electron chi connectivity index (χ4n) is 6.68. The minimum absolute atomic E-state index is 0.0821. The zero-order chi connectivity index (χ0) is 34.2. The summed E-state index contributed by atoms with van der Waals surface area (Å²) >= 11 is 0. The molecular formula is C42H48F2N2O2. The molecule has 4 aromatic carbocycles.